The zero-order valence-electron chi connectivity index (χ0n) is 16.5. The van der Waals surface area contributed by atoms with E-state index in [0.29, 0.717) is 24.7 Å². The molecule has 2 heterocycles. The second-order valence-electron chi connectivity index (χ2n) is 7.68. The van der Waals surface area contributed by atoms with Gasteiger partial charge in [0, 0.05) is 47.8 Å². The van der Waals surface area contributed by atoms with Gasteiger partial charge < -0.3 is 19.7 Å². The van der Waals surface area contributed by atoms with E-state index in [4.69, 9.17) is 16.3 Å². The number of ether oxygens (including phenoxy) is 1. The highest BCUT2D eigenvalue weighted by molar-refractivity contribution is 6.19. The Hall–Kier alpha value is -3.02. The maximum atomic E-state index is 13.4. The minimum Gasteiger partial charge on any atom is -0.507 e. The number of halogens is 1. The van der Waals surface area contributed by atoms with Gasteiger partial charge in [0.1, 0.15) is 11.4 Å². The van der Waals surface area contributed by atoms with Crippen molar-refractivity contribution in [2.24, 2.45) is 0 Å². The molecule has 5 nitrogen and oxygen atoms in total. The number of fused-ring (bicyclic) bond motifs is 4. The van der Waals surface area contributed by atoms with E-state index in [1.807, 2.05) is 48.5 Å². The van der Waals surface area contributed by atoms with Gasteiger partial charge in [0.15, 0.2) is 0 Å². The summed E-state index contributed by atoms with van der Waals surface area (Å²) in [5.74, 6) is 0.439. The Labute approximate surface area is 178 Å². The number of rotatable bonds is 4. The number of hydrogen-bond donors (Lipinski definition) is 2. The Morgan fingerprint density at radius 2 is 2.00 bits per heavy atom. The third-order valence-electron chi connectivity index (χ3n) is 5.80. The summed E-state index contributed by atoms with van der Waals surface area (Å²) in [5.41, 5.74) is 4.19. The highest BCUT2D eigenvalue weighted by atomic mass is 35.5. The molecule has 30 heavy (non-hydrogen) atoms. The van der Waals surface area contributed by atoms with Crippen LogP contribution in [0.2, 0.25) is 0 Å². The number of aromatic amines is 1. The Morgan fingerprint density at radius 3 is 2.77 bits per heavy atom. The summed E-state index contributed by atoms with van der Waals surface area (Å²) in [7, 11) is 1.66. The second kappa shape index (κ2) is 7.35. The largest absolute Gasteiger partial charge is 0.507 e. The number of aromatic nitrogens is 1. The van der Waals surface area contributed by atoms with Crippen molar-refractivity contribution in [1.82, 2.24) is 4.98 Å². The van der Waals surface area contributed by atoms with Crippen LogP contribution in [-0.4, -0.2) is 35.5 Å². The van der Waals surface area contributed by atoms with Gasteiger partial charge in [-0.25, -0.2) is 0 Å². The Bertz CT molecular complexity index is 1280. The first-order valence-corrected chi connectivity index (χ1v) is 10.4. The van der Waals surface area contributed by atoms with Crippen LogP contribution in [0.15, 0.2) is 54.6 Å². The smallest absolute Gasteiger partial charge is 0.274 e. The predicted octanol–water partition coefficient (Wildman–Crippen LogP) is 5.16. The molecule has 0 radical (unpaired) electrons. The molecule has 1 amide bonds. The number of nitrogens with zero attached hydrogens (tertiary/aromatic N) is 1. The van der Waals surface area contributed by atoms with E-state index in [9.17, 15) is 9.90 Å². The number of nitrogens with one attached hydrogen (secondary N) is 1. The molecule has 0 unspecified atom stereocenters. The summed E-state index contributed by atoms with van der Waals surface area (Å²) in [5, 5.41) is 13.2. The molecule has 5 rings (SSSR count). The molecular weight excluding hydrogens is 400 g/mol. The Balaban J connectivity index is 1.59. The number of H-pyrrole nitrogens is 1. The molecule has 1 atom stereocenters. The summed E-state index contributed by atoms with van der Waals surface area (Å²) in [6.45, 7) is 1.00. The van der Waals surface area contributed by atoms with Crippen LogP contribution in [0.5, 0.6) is 5.75 Å². The maximum Gasteiger partial charge on any atom is 0.274 e. The van der Waals surface area contributed by atoms with Crippen molar-refractivity contribution in [3.63, 3.8) is 0 Å². The molecule has 0 spiro atoms. The van der Waals surface area contributed by atoms with E-state index in [1.165, 1.54) is 0 Å². The average Bonchev–Trinajstić information content (AvgIpc) is 3.35. The van der Waals surface area contributed by atoms with Gasteiger partial charge in [-0.05, 0) is 34.7 Å². The SMILES string of the molecule is COCc1ccc2[nH]c(C(=O)N3C[C@@H](CCl)c4c3cc(O)c3ccccc43)cc2c1. The van der Waals surface area contributed by atoms with Crippen molar-refractivity contribution in [3.05, 3.63) is 71.4 Å². The standard InChI is InChI=1S/C24H21ClN2O3/c1-30-13-14-6-7-19-15(8-14)9-20(26-19)24(29)27-12-16(11-25)23-18-5-3-2-4-17(18)22(28)10-21(23)27/h2-10,16,26,28H,11-13H2,1H3/t16-/m1/s1. The van der Waals surface area contributed by atoms with Gasteiger partial charge in [0.2, 0.25) is 0 Å². The van der Waals surface area contributed by atoms with Crippen LogP contribution in [0.3, 0.4) is 0 Å². The number of anilines is 1. The molecule has 0 fully saturated rings. The van der Waals surface area contributed by atoms with E-state index < -0.39 is 0 Å². The van der Waals surface area contributed by atoms with E-state index in [-0.39, 0.29) is 17.6 Å². The number of benzene rings is 3. The lowest BCUT2D eigenvalue weighted by Gasteiger charge is -2.17. The van der Waals surface area contributed by atoms with Gasteiger partial charge in [0.05, 0.1) is 12.3 Å². The fourth-order valence-corrected chi connectivity index (χ4v) is 4.70. The van der Waals surface area contributed by atoms with E-state index in [0.717, 1.165) is 38.5 Å². The summed E-state index contributed by atoms with van der Waals surface area (Å²) < 4.78 is 5.20. The second-order valence-corrected chi connectivity index (χ2v) is 7.99. The van der Waals surface area contributed by atoms with Crippen molar-refractivity contribution in [2.75, 3.05) is 24.4 Å². The summed E-state index contributed by atoms with van der Waals surface area (Å²) >= 11 is 6.28. The molecule has 4 aromatic rings. The van der Waals surface area contributed by atoms with Crippen LogP contribution in [0.25, 0.3) is 21.7 Å². The number of alkyl halides is 1. The van der Waals surface area contributed by atoms with Gasteiger partial charge in [-0.1, -0.05) is 30.3 Å². The number of carbonyl (C=O) groups excluding carboxylic acids is 1. The van der Waals surface area contributed by atoms with Crippen LogP contribution < -0.4 is 4.90 Å². The lowest BCUT2D eigenvalue weighted by molar-refractivity contribution is 0.0984. The molecule has 152 valence electrons. The van der Waals surface area contributed by atoms with E-state index in [1.54, 1.807) is 18.1 Å². The number of amides is 1. The fraction of sp³-hybridized carbons (Fsp3) is 0.208. The normalized spacial score (nSPS) is 15.8. The van der Waals surface area contributed by atoms with Crippen molar-refractivity contribution in [3.8, 4) is 5.75 Å². The van der Waals surface area contributed by atoms with Crippen LogP contribution in [0.1, 0.15) is 27.5 Å². The van der Waals surface area contributed by atoms with Crippen LogP contribution in [-0.2, 0) is 11.3 Å². The van der Waals surface area contributed by atoms with Gasteiger partial charge in [0.25, 0.3) is 5.91 Å². The third-order valence-corrected chi connectivity index (χ3v) is 6.18. The minimum atomic E-state index is -0.136. The molecule has 1 aliphatic heterocycles. The lowest BCUT2D eigenvalue weighted by atomic mass is 9.95. The number of phenols is 1. The molecule has 0 bridgehead atoms. The number of aromatic hydroxyl groups is 1. The number of methoxy groups -OCH3 is 1. The summed E-state index contributed by atoms with van der Waals surface area (Å²) in [6.07, 6.45) is 0. The van der Waals surface area contributed by atoms with Gasteiger partial charge in [-0.2, -0.15) is 0 Å². The summed E-state index contributed by atoms with van der Waals surface area (Å²) in [6, 6.07) is 17.2. The highest BCUT2D eigenvalue weighted by Gasteiger charge is 2.35. The maximum absolute atomic E-state index is 13.4. The number of carbonyl (C=O) groups is 1. The zero-order chi connectivity index (χ0) is 20.8. The molecule has 2 N–H and O–H groups in total. The van der Waals surface area contributed by atoms with Crippen molar-refractivity contribution >= 4 is 44.9 Å². The first-order chi connectivity index (χ1) is 14.6. The number of phenolic OH excluding ortho intramolecular Hbond substituents is 1. The molecule has 0 saturated heterocycles. The fourth-order valence-electron chi connectivity index (χ4n) is 4.44. The average molecular weight is 421 g/mol. The van der Waals surface area contributed by atoms with Crippen LogP contribution >= 0.6 is 11.6 Å². The van der Waals surface area contributed by atoms with E-state index in [2.05, 4.69) is 4.98 Å². The minimum absolute atomic E-state index is 0.00815. The van der Waals surface area contributed by atoms with Crippen molar-refractivity contribution in [1.29, 1.82) is 0 Å². The number of hydrogen-bond acceptors (Lipinski definition) is 3. The molecule has 1 aliphatic rings. The van der Waals surface area contributed by atoms with Gasteiger partial charge in [-0.15, -0.1) is 11.6 Å². The van der Waals surface area contributed by atoms with Gasteiger partial charge in [-0.3, -0.25) is 4.79 Å². The first kappa shape index (κ1) is 19.0. The van der Waals surface area contributed by atoms with Crippen molar-refractivity contribution in [2.45, 2.75) is 12.5 Å². The molecular formula is C24H21ClN2O3. The summed E-state index contributed by atoms with van der Waals surface area (Å²) in [4.78, 5) is 18.4. The van der Waals surface area contributed by atoms with Crippen LogP contribution in [0.4, 0.5) is 5.69 Å². The quantitative estimate of drug-likeness (QED) is 0.448. The third kappa shape index (κ3) is 2.93. The van der Waals surface area contributed by atoms with Crippen LogP contribution in [0, 0.1) is 0 Å². The monoisotopic (exact) mass is 420 g/mol. The zero-order valence-corrected chi connectivity index (χ0v) is 17.2. The predicted molar refractivity (Wildman–Crippen MR) is 120 cm³/mol. The molecule has 0 aliphatic carbocycles. The molecule has 3 aromatic carbocycles. The first-order valence-electron chi connectivity index (χ1n) is 9.83. The molecule has 1 aromatic heterocycles. The van der Waals surface area contributed by atoms with E-state index >= 15 is 0 Å². The molecule has 6 heteroatoms. The lowest BCUT2D eigenvalue weighted by Crippen LogP contribution is -2.30. The van der Waals surface area contributed by atoms with Gasteiger partial charge >= 0.3 is 0 Å². The Morgan fingerprint density at radius 1 is 1.20 bits per heavy atom. The highest BCUT2D eigenvalue weighted by Crippen LogP contribution is 2.45. The topological polar surface area (TPSA) is 65.6 Å². The van der Waals surface area contributed by atoms with Crippen molar-refractivity contribution < 1.29 is 14.6 Å². The Kier molecular flexibility index (Phi) is 4.65. The molecule has 0 saturated carbocycles.